The van der Waals surface area contributed by atoms with E-state index in [1.54, 1.807) is 18.5 Å². The van der Waals surface area contributed by atoms with Gasteiger partial charge >= 0.3 is 12.1 Å². The highest BCUT2D eigenvalue weighted by atomic mass is 32.2. The van der Waals surface area contributed by atoms with E-state index in [2.05, 4.69) is 15.5 Å². The van der Waals surface area contributed by atoms with Gasteiger partial charge in [-0.2, -0.15) is 13.2 Å². The molecule has 0 bridgehead atoms. The van der Waals surface area contributed by atoms with E-state index in [4.69, 9.17) is 9.47 Å². The van der Waals surface area contributed by atoms with Crippen LogP contribution in [0.25, 0.3) is 0 Å². The van der Waals surface area contributed by atoms with Crippen LogP contribution in [-0.2, 0) is 39.3 Å². The number of benzene rings is 2. The maximum Gasteiger partial charge on any atom is 0.471 e. The Balaban J connectivity index is 1.24. The Labute approximate surface area is 250 Å². The van der Waals surface area contributed by atoms with E-state index in [0.29, 0.717) is 23.5 Å². The van der Waals surface area contributed by atoms with Crippen LogP contribution < -0.4 is 5.32 Å². The van der Waals surface area contributed by atoms with Crippen LogP contribution in [0.4, 0.5) is 13.2 Å². The molecule has 2 fully saturated rings. The highest BCUT2D eigenvalue weighted by molar-refractivity contribution is 7.99. The van der Waals surface area contributed by atoms with E-state index in [1.165, 1.54) is 11.8 Å². The van der Waals surface area contributed by atoms with Gasteiger partial charge in [0.05, 0.1) is 18.8 Å². The minimum atomic E-state index is -5.02. The van der Waals surface area contributed by atoms with Gasteiger partial charge in [0, 0.05) is 37.9 Å². The number of hydrogen-bond donors (Lipinski definition) is 2. The molecule has 4 atom stereocenters. The molecular weight excluding hydrogens is 587 g/mol. The standard InChI is InChI=1S/C29H32F3N5O5S/c1-36-17-34-35-28(36)43-16-22-13-24(20-8-6-19(15-38)7-9-20)42-26(41-22)21-10-4-18(5-11-21)14-33-25(39)23-3-2-12-37(23)27(40)29(30,31)32/h4-11,17,22-24,26,38H,2-3,12-16H2,1H3,(H,33,39). The zero-order chi connectivity index (χ0) is 30.6. The maximum absolute atomic E-state index is 12.9. The summed E-state index contributed by atoms with van der Waals surface area (Å²) >= 11 is 1.53. The summed E-state index contributed by atoms with van der Waals surface area (Å²) in [4.78, 5) is 25.0. The molecule has 2 N–H and O–H groups in total. The van der Waals surface area contributed by atoms with Crippen LogP contribution in [0.5, 0.6) is 0 Å². The molecule has 2 amide bonds. The molecule has 14 heteroatoms. The first-order chi connectivity index (χ1) is 20.6. The predicted molar refractivity (Wildman–Crippen MR) is 149 cm³/mol. The van der Waals surface area contributed by atoms with Gasteiger partial charge in [0.1, 0.15) is 12.4 Å². The van der Waals surface area contributed by atoms with Gasteiger partial charge < -0.3 is 29.4 Å². The van der Waals surface area contributed by atoms with E-state index < -0.39 is 30.3 Å². The van der Waals surface area contributed by atoms with Gasteiger partial charge in [-0.25, -0.2) is 0 Å². The molecule has 0 saturated carbocycles. The third kappa shape index (κ3) is 7.55. The first-order valence-electron chi connectivity index (χ1n) is 13.8. The Bertz CT molecular complexity index is 1400. The van der Waals surface area contributed by atoms with Crippen LogP contribution >= 0.6 is 11.8 Å². The lowest BCUT2D eigenvalue weighted by molar-refractivity contribution is -0.245. The van der Waals surface area contributed by atoms with Crippen molar-refractivity contribution in [1.82, 2.24) is 25.0 Å². The zero-order valence-corrected chi connectivity index (χ0v) is 24.2. The van der Waals surface area contributed by atoms with Gasteiger partial charge in [0.25, 0.3) is 0 Å². The van der Waals surface area contributed by atoms with Crippen molar-refractivity contribution in [2.45, 2.75) is 68.3 Å². The average molecular weight is 620 g/mol. The van der Waals surface area contributed by atoms with Gasteiger partial charge in [0.15, 0.2) is 11.4 Å². The summed E-state index contributed by atoms with van der Waals surface area (Å²) in [6.07, 6.45) is -3.36. The monoisotopic (exact) mass is 619 g/mol. The summed E-state index contributed by atoms with van der Waals surface area (Å²) in [6.45, 7) is -0.0596. The number of aryl methyl sites for hydroxylation is 1. The second-order valence-corrected chi connectivity index (χ2v) is 11.5. The lowest BCUT2D eigenvalue weighted by atomic mass is 10.0. The van der Waals surface area contributed by atoms with Crippen LogP contribution in [0.3, 0.4) is 0 Å². The number of likely N-dealkylation sites (tertiary alicyclic amines) is 1. The molecule has 5 rings (SSSR count). The van der Waals surface area contributed by atoms with Crippen LogP contribution in [0.2, 0.25) is 0 Å². The first-order valence-corrected chi connectivity index (χ1v) is 14.8. The minimum absolute atomic E-state index is 0.0497. The Morgan fingerprint density at radius 3 is 2.42 bits per heavy atom. The molecule has 2 aromatic carbocycles. The Morgan fingerprint density at radius 2 is 1.77 bits per heavy atom. The van der Waals surface area contributed by atoms with E-state index in [0.717, 1.165) is 27.4 Å². The maximum atomic E-state index is 12.9. The van der Waals surface area contributed by atoms with Gasteiger partial charge in [-0.15, -0.1) is 10.2 Å². The number of alkyl halides is 3. The van der Waals surface area contributed by atoms with Crippen molar-refractivity contribution in [2.75, 3.05) is 12.3 Å². The molecule has 2 saturated heterocycles. The van der Waals surface area contributed by atoms with Crippen LogP contribution in [0.1, 0.15) is 53.9 Å². The lowest BCUT2D eigenvalue weighted by Crippen LogP contribution is -2.50. The van der Waals surface area contributed by atoms with Crippen molar-refractivity contribution in [3.63, 3.8) is 0 Å². The average Bonchev–Trinajstić information content (AvgIpc) is 3.67. The Hall–Kier alpha value is -3.46. The van der Waals surface area contributed by atoms with E-state index in [1.807, 2.05) is 48.0 Å². The molecule has 2 aliphatic rings. The molecule has 2 aliphatic heterocycles. The van der Waals surface area contributed by atoms with E-state index in [9.17, 15) is 27.9 Å². The molecular formula is C29H32F3N5O5S. The number of halogens is 3. The third-order valence-corrected chi connectivity index (χ3v) is 8.63. The summed E-state index contributed by atoms with van der Waals surface area (Å²) in [5, 5.41) is 20.9. The number of nitrogens with zero attached hydrogens (tertiary/aromatic N) is 4. The Morgan fingerprint density at radius 1 is 1.07 bits per heavy atom. The molecule has 230 valence electrons. The smallest absolute Gasteiger partial charge is 0.392 e. The Kier molecular flexibility index (Phi) is 9.69. The molecule has 4 unspecified atom stereocenters. The minimum Gasteiger partial charge on any atom is -0.392 e. The molecule has 0 radical (unpaired) electrons. The lowest BCUT2D eigenvalue weighted by Gasteiger charge is -2.36. The number of aliphatic hydroxyl groups is 1. The topological polar surface area (TPSA) is 119 Å². The van der Waals surface area contributed by atoms with Crippen LogP contribution in [0.15, 0.2) is 60.0 Å². The highest BCUT2D eigenvalue weighted by Crippen LogP contribution is 2.39. The molecule has 3 aromatic rings. The fourth-order valence-corrected chi connectivity index (χ4v) is 6.04. The molecule has 0 spiro atoms. The second-order valence-electron chi connectivity index (χ2n) is 10.5. The van der Waals surface area contributed by atoms with Gasteiger partial charge in [-0.05, 0) is 29.5 Å². The highest BCUT2D eigenvalue weighted by Gasteiger charge is 2.47. The van der Waals surface area contributed by atoms with Gasteiger partial charge in [-0.3, -0.25) is 9.59 Å². The summed E-state index contributed by atoms with van der Waals surface area (Å²) in [6, 6.07) is 13.7. The van der Waals surface area contributed by atoms with Crippen LogP contribution in [-0.4, -0.2) is 67.2 Å². The molecule has 43 heavy (non-hydrogen) atoms. The molecule has 0 aliphatic carbocycles. The number of nitrogens with one attached hydrogen (secondary N) is 1. The first kappa shape index (κ1) is 31.0. The number of carbonyl (C=O) groups is 2. The van der Waals surface area contributed by atoms with Gasteiger partial charge in [0.2, 0.25) is 5.91 Å². The summed E-state index contributed by atoms with van der Waals surface area (Å²) in [5.74, 6) is -1.98. The SMILES string of the molecule is Cn1cnnc1SCC1CC(c2ccc(CO)cc2)OC(c2ccc(CNC(=O)C3CCCN3C(=O)C(F)(F)F)cc2)O1. The summed E-state index contributed by atoms with van der Waals surface area (Å²) in [7, 11) is 1.87. The molecule has 1 aromatic heterocycles. The van der Waals surface area contributed by atoms with E-state index in [-0.39, 0.29) is 38.3 Å². The predicted octanol–water partition coefficient (Wildman–Crippen LogP) is 3.81. The number of carbonyl (C=O) groups excluding carboxylic acids is 2. The number of aliphatic hydroxyl groups excluding tert-OH is 1. The number of thioether (sulfide) groups is 1. The van der Waals surface area contributed by atoms with Crippen molar-refractivity contribution >= 4 is 23.6 Å². The largest absolute Gasteiger partial charge is 0.471 e. The number of aromatic nitrogens is 3. The number of ether oxygens (including phenoxy) is 2. The second kappa shape index (κ2) is 13.5. The van der Waals surface area contributed by atoms with Crippen molar-refractivity contribution in [3.8, 4) is 0 Å². The fourth-order valence-electron chi connectivity index (χ4n) is 5.14. The zero-order valence-electron chi connectivity index (χ0n) is 23.4. The van der Waals surface area contributed by atoms with E-state index >= 15 is 0 Å². The quantitative estimate of drug-likeness (QED) is 0.347. The van der Waals surface area contributed by atoms with Crippen LogP contribution in [0, 0.1) is 0 Å². The third-order valence-electron chi connectivity index (χ3n) is 7.46. The normalized spacial score (nSPS) is 22.5. The molecule has 3 heterocycles. The van der Waals surface area contributed by atoms with Crippen molar-refractivity contribution in [2.24, 2.45) is 7.05 Å². The molecule has 10 nitrogen and oxygen atoms in total. The number of hydrogen-bond acceptors (Lipinski definition) is 8. The van der Waals surface area contributed by atoms with Gasteiger partial charge in [-0.1, -0.05) is 60.3 Å². The van der Waals surface area contributed by atoms with Crippen molar-refractivity contribution in [1.29, 1.82) is 0 Å². The van der Waals surface area contributed by atoms with Crippen molar-refractivity contribution < 1.29 is 37.3 Å². The number of rotatable bonds is 9. The number of amides is 2. The summed E-state index contributed by atoms with van der Waals surface area (Å²) < 4.78 is 53.3. The fraction of sp³-hybridized carbons (Fsp3) is 0.448. The van der Waals surface area contributed by atoms with Crippen molar-refractivity contribution in [3.05, 3.63) is 77.1 Å². The summed E-state index contributed by atoms with van der Waals surface area (Å²) in [5.41, 5.74) is 3.25.